The number of halogens is 3. The number of aromatic nitrogens is 1. The second kappa shape index (κ2) is 9.55. The Morgan fingerprint density at radius 3 is 2.43 bits per heavy atom. The number of nitrogens with zero attached hydrogens (tertiary/aromatic N) is 1. The number of amides is 1. The second-order valence-electron chi connectivity index (χ2n) is 8.70. The van der Waals surface area contributed by atoms with Gasteiger partial charge in [-0.05, 0) is 62.2 Å². The number of aryl methyl sites for hydroxylation is 1. The monoisotopic (exact) mass is 484 g/mol. The van der Waals surface area contributed by atoms with E-state index in [1.165, 1.54) is 24.3 Å². The predicted octanol–water partition coefficient (Wildman–Crippen LogP) is 4.82. The highest BCUT2D eigenvalue weighted by atomic mass is 19.4. The van der Waals surface area contributed by atoms with E-state index >= 15 is 0 Å². The van der Waals surface area contributed by atoms with E-state index in [0.29, 0.717) is 35.0 Å². The summed E-state index contributed by atoms with van der Waals surface area (Å²) < 4.78 is 43.2. The van der Waals surface area contributed by atoms with Crippen molar-refractivity contribution < 1.29 is 27.6 Å². The standard InChI is InChI=1S/C26H23F3N2O4/c1-16-22-15-20(11-12-21(22)23(32)35-31-16)30-24(33)25(34,18-5-3-2-4-6-18)14-13-17-7-9-19(10-8-17)26(27,28)29/h7-12,15,18,34H,2-6H2,1H3,(H,30,33). The zero-order valence-electron chi connectivity index (χ0n) is 18.9. The number of hydrogen-bond donors (Lipinski definition) is 2. The normalized spacial score (nSPS) is 16.3. The molecule has 1 amide bonds. The van der Waals surface area contributed by atoms with Gasteiger partial charge in [0.05, 0.1) is 16.6 Å². The summed E-state index contributed by atoms with van der Waals surface area (Å²) in [4.78, 5) is 25.2. The summed E-state index contributed by atoms with van der Waals surface area (Å²) in [5.41, 5.74) is -2.42. The van der Waals surface area contributed by atoms with Crippen LogP contribution in [0, 0.1) is 24.7 Å². The van der Waals surface area contributed by atoms with Crippen LogP contribution in [0.5, 0.6) is 0 Å². The van der Waals surface area contributed by atoms with Crippen molar-refractivity contribution in [1.82, 2.24) is 5.16 Å². The molecule has 0 bridgehead atoms. The molecule has 2 aromatic carbocycles. The van der Waals surface area contributed by atoms with Gasteiger partial charge in [-0.2, -0.15) is 13.2 Å². The Morgan fingerprint density at radius 2 is 1.77 bits per heavy atom. The highest BCUT2D eigenvalue weighted by molar-refractivity contribution is 6.01. The zero-order valence-corrected chi connectivity index (χ0v) is 18.9. The van der Waals surface area contributed by atoms with Crippen molar-refractivity contribution in [2.45, 2.75) is 50.8 Å². The molecule has 0 spiro atoms. The SMILES string of the molecule is Cc1noc(=O)c2ccc(NC(=O)C(O)(C#Cc3ccc(C(F)(F)F)cc3)C3CCCCC3)cc12. The molecule has 0 aliphatic heterocycles. The van der Waals surface area contributed by atoms with Crippen molar-refractivity contribution in [3.8, 4) is 11.8 Å². The number of rotatable bonds is 3. The van der Waals surface area contributed by atoms with Gasteiger partial charge in [-0.25, -0.2) is 4.79 Å². The smallest absolute Gasteiger partial charge is 0.369 e. The molecular weight excluding hydrogens is 461 g/mol. The van der Waals surface area contributed by atoms with Crippen LogP contribution in [0.25, 0.3) is 10.8 Å². The van der Waals surface area contributed by atoms with Crippen molar-refractivity contribution >= 4 is 22.4 Å². The lowest BCUT2D eigenvalue weighted by atomic mass is 9.76. The van der Waals surface area contributed by atoms with Gasteiger partial charge in [-0.15, -0.1) is 0 Å². The lowest BCUT2D eigenvalue weighted by molar-refractivity contribution is -0.137. The van der Waals surface area contributed by atoms with E-state index in [1.54, 1.807) is 13.0 Å². The van der Waals surface area contributed by atoms with Gasteiger partial charge in [0.15, 0.2) is 0 Å². The van der Waals surface area contributed by atoms with Gasteiger partial charge in [0.25, 0.3) is 5.91 Å². The molecule has 2 N–H and O–H groups in total. The Morgan fingerprint density at radius 1 is 1.09 bits per heavy atom. The van der Waals surface area contributed by atoms with E-state index in [4.69, 9.17) is 4.52 Å². The molecule has 4 rings (SSSR count). The van der Waals surface area contributed by atoms with E-state index < -0.39 is 34.8 Å². The Labute approximate surface area is 199 Å². The third kappa shape index (κ3) is 5.23. The number of hydrogen-bond acceptors (Lipinski definition) is 5. The number of anilines is 1. The molecule has 1 unspecified atom stereocenters. The second-order valence-corrected chi connectivity index (χ2v) is 8.70. The van der Waals surface area contributed by atoms with Crippen LogP contribution in [0.4, 0.5) is 18.9 Å². The first-order valence-corrected chi connectivity index (χ1v) is 11.2. The fourth-order valence-corrected chi connectivity index (χ4v) is 4.31. The van der Waals surface area contributed by atoms with Gasteiger partial charge in [0.2, 0.25) is 5.60 Å². The Bertz CT molecular complexity index is 1360. The molecule has 1 heterocycles. The highest BCUT2D eigenvalue weighted by Gasteiger charge is 2.43. The number of carbonyl (C=O) groups excluding carboxylic acids is 1. The van der Waals surface area contributed by atoms with Crippen LogP contribution in [-0.2, 0) is 11.0 Å². The molecule has 9 heteroatoms. The van der Waals surface area contributed by atoms with Crippen LogP contribution < -0.4 is 10.9 Å². The van der Waals surface area contributed by atoms with Gasteiger partial charge in [-0.3, -0.25) is 4.79 Å². The van der Waals surface area contributed by atoms with Crippen LogP contribution in [0.1, 0.15) is 48.9 Å². The molecule has 6 nitrogen and oxygen atoms in total. The minimum absolute atomic E-state index is 0.249. The number of benzene rings is 2. The summed E-state index contributed by atoms with van der Waals surface area (Å²) in [6, 6.07) is 8.81. The number of aliphatic hydroxyl groups is 1. The first-order chi connectivity index (χ1) is 16.6. The van der Waals surface area contributed by atoms with Crippen molar-refractivity contribution in [2.24, 2.45) is 5.92 Å². The van der Waals surface area contributed by atoms with E-state index in [9.17, 15) is 27.9 Å². The summed E-state index contributed by atoms with van der Waals surface area (Å²) in [6.07, 6.45) is -0.637. The molecule has 35 heavy (non-hydrogen) atoms. The molecule has 0 saturated heterocycles. The average molecular weight is 484 g/mol. The maximum absolute atomic E-state index is 13.3. The number of fused-ring (bicyclic) bond motifs is 1. The van der Waals surface area contributed by atoms with E-state index in [1.807, 2.05) is 0 Å². The zero-order chi connectivity index (χ0) is 25.2. The lowest BCUT2D eigenvalue weighted by Crippen LogP contribution is -2.48. The Hall–Kier alpha value is -3.64. The lowest BCUT2D eigenvalue weighted by Gasteiger charge is -2.33. The highest BCUT2D eigenvalue weighted by Crippen LogP contribution is 2.34. The largest absolute Gasteiger partial charge is 0.416 e. The molecule has 1 saturated carbocycles. The Balaban J connectivity index is 1.65. The maximum Gasteiger partial charge on any atom is 0.416 e. The third-order valence-corrected chi connectivity index (χ3v) is 6.30. The van der Waals surface area contributed by atoms with Gasteiger partial charge in [0.1, 0.15) is 0 Å². The maximum atomic E-state index is 13.3. The average Bonchev–Trinajstić information content (AvgIpc) is 2.85. The predicted molar refractivity (Wildman–Crippen MR) is 123 cm³/mol. The molecule has 1 atom stereocenters. The summed E-state index contributed by atoms with van der Waals surface area (Å²) in [7, 11) is 0. The number of alkyl halides is 3. The van der Waals surface area contributed by atoms with Gasteiger partial charge in [0, 0.05) is 22.6 Å². The first kappa shape index (κ1) is 24.5. The number of nitrogens with one attached hydrogen (secondary N) is 1. The molecule has 3 aromatic rings. The van der Waals surface area contributed by atoms with Crippen molar-refractivity contribution in [3.05, 3.63) is 69.7 Å². The quantitative estimate of drug-likeness (QED) is 0.521. The van der Waals surface area contributed by atoms with E-state index in [0.717, 1.165) is 31.4 Å². The van der Waals surface area contributed by atoms with E-state index in [-0.39, 0.29) is 5.56 Å². The summed E-state index contributed by atoms with van der Waals surface area (Å²) in [5.74, 6) is 4.16. The summed E-state index contributed by atoms with van der Waals surface area (Å²) in [6.45, 7) is 1.66. The van der Waals surface area contributed by atoms with Crippen LogP contribution in [0.2, 0.25) is 0 Å². The Kier molecular flexibility index (Phi) is 6.68. The van der Waals surface area contributed by atoms with Crippen molar-refractivity contribution in [3.63, 3.8) is 0 Å². The van der Waals surface area contributed by atoms with Gasteiger partial charge >= 0.3 is 11.8 Å². The fraction of sp³-hybridized carbons (Fsp3) is 0.346. The molecule has 1 aliphatic rings. The first-order valence-electron chi connectivity index (χ1n) is 11.2. The topological polar surface area (TPSA) is 92.4 Å². The summed E-state index contributed by atoms with van der Waals surface area (Å²) >= 11 is 0. The van der Waals surface area contributed by atoms with Gasteiger partial charge < -0.3 is 14.9 Å². The van der Waals surface area contributed by atoms with Crippen molar-refractivity contribution in [1.29, 1.82) is 0 Å². The minimum atomic E-state index is -4.47. The molecule has 1 aromatic heterocycles. The van der Waals surface area contributed by atoms with Crippen LogP contribution in [0.3, 0.4) is 0 Å². The van der Waals surface area contributed by atoms with Gasteiger partial charge in [-0.1, -0.05) is 36.3 Å². The van der Waals surface area contributed by atoms with Crippen LogP contribution in [-0.4, -0.2) is 21.8 Å². The van der Waals surface area contributed by atoms with Crippen LogP contribution in [0.15, 0.2) is 51.8 Å². The molecule has 1 fully saturated rings. The molecule has 0 radical (unpaired) electrons. The number of carbonyl (C=O) groups is 1. The van der Waals surface area contributed by atoms with Crippen LogP contribution >= 0.6 is 0 Å². The summed E-state index contributed by atoms with van der Waals surface area (Å²) in [5, 5.41) is 18.7. The molecular formula is C26H23F3N2O4. The minimum Gasteiger partial charge on any atom is -0.369 e. The fourth-order valence-electron chi connectivity index (χ4n) is 4.31. The van der Waals surface area contributed by atoms with E-state index in [2.05, 4.69) is 22.3 Å². The molecule has 182 valence electrons. The third-order valence-electron chi connectivity index (χ3n) is 6.30. The van der Waals surface area contributed by atoms with Crippen molar-refractivity contribution in [2.75, 3.05) is 5.32 Å². The molecule has 1 aliphatic carbocycles.